The monoisotopic (exact) mass is 376 g/mol. The molecule has 0 spiro atoms. The molecule has 1 N–H and O–H groups in total. The van der Waals surface area contributed by atoms with Crippen molar-refractivity contribution in [2.75, 3.05) is 5.88 Å². The Labute approximate surface area is 159 Å². The minimum absolute atomic E-state index is 0.0243. The predicted molar refractivity (Wildman–Crippen MR) is 105 cm³/mol. The number of allylic oxidation sites excluding steroid dienone is 5. The lowest BCUT2D eigenvalue weighted by Crippen LogP contribution is -2.30. The second-order valence-corrected chi connectivity index (χ2v) is 6.55. The molecule has 3 aromatic rings. The van der Waals surface area contributed by atoms with Crippen LogP contribution in [0.25, 0.3) is 27.4 Å². The Hall–Kier alpha value is -3.15. The first-order chi connectivity index (χ1) is 13.2. The van der Waals surface area contributed by atoms with E-state index >= 15 is 0 Å². The number of fused-ring (bicyclic) bond motifs is 5. The average Bonchev–Trinajstić information content (AvgIpc) is 3.07. The maximum Gasteiger partial charge on any atom is 0.180 e. The van der Waals surface area contributed by atoms with Crippen molar-refractivity contribution >= 4 is 56.3 Å². The number of hydrogen-bond acceptors (Lipinski definition) is 5. The highest BCUT2D eigenvalue weighted by molar-refractivity contribution is 6.30. The maximum atomic E-state index is 11.5. The van der Waals surface area contributed by atoms with Crippen LogP contribution in [0.2, 0.25) is 0 Å². The summed E-state index contributed by atoms with van der Waals surface area (Å²) in [6.45, 7) is 0. The van der Waals surface area contributed by atoms with E-state index in [1.807, 2.05) is 36.4 Å². The largest absolute Gasteiger partial charge is 0.452 e. The molecular formula is C21H13ClN2O3. The summed E-state index contributed by atoms with van der Waals surface area (Å²) in [4.78, 5) is 16.0. The molecule has 0 saturated heterocycles. The van der Waals surface area contributed by atoms with Gasteiger partial charge >= 0.3 is 0 Å². The zero-order valence-electron chi connectivity index (χ0n) is 14.0. The lowest BCUT2D eigenvalue weighted by atomic mass is 10.0. The second-order valence-electron chi connectivity index (χ2n) is 6.29. The third-order valence-corrected chi connectivity index (χ3v) is 4.95. The molecule has 0 fully saturated rings. The fourth-order valence-corrected chi connectivity index (χ4v) is 3.65. The Balaban J connectivity index is 1.89. The molecule has 1 aromatic heterocycles. The number of aliphatic imine (C=N–C) groups is 1. The summed E-state index contributed by atoms with van der Waals surface area (Å²) in [5.41, 5.74) is 2.35. The number of alkyl halides is 1. The first-order valence-corrected chi connectivity index (χ1v) is 8.92. The number of carbonyl (C=O) groups is 1. The van der Waals surface area contributed by atoms with E-state index in [9.17, 15) is 10.0 Å². The summed E-state index contributed by atoms with van der Waals surface area (Å²) in [7, 11) is 0. The van der Waals surface area contributed by atoms with Crippen molar-refractivity contribution in [2.45, 2.75) is 0 Å². The Morgan fingerprint density at radius 1 is 1.07 bits per heavy atom. The molecular weight excluding hydrogens is 364 g/mol. The smallest absolute Gasteiger partial charge is 0.180 e. The minimum Gasteiger partial charge on any atom is -0.452 e. The molecule has 0 unspecified atom stereocenters. The molecule has 1 aliphatic carbocycles. The number of hydrogen-bond donors (Lipinski definition) is 1. The van der Waals surface area contributed by atoms with Gasteiger partial charge in [0.1, 0.15) is 22.8 Å². The number of amidine groups is 1. The molecule has 5 nitrogen and oxygen atoms in total. The van der Waals surface area contributed by atoms with Crippen molar-refractivity contribution in [1.29, 1.82) is 0 Å². The number of halogens is 1. The van der Waals surface area contributed by atoms with Gasteiger partial charge in [-0.2, -0.15) is 0 Å². The van der Waals surface area contributed by atoms with Gasteiger partial charge in [-0.3, -0.25) is 10.0 Å². The molecule has 6 heteroatoms. The van der Waals surface area contributed by atoms with Crippen molar-refractivity contribution in [1.82, 2.24) is 5.06 Å². The summed E-state index contributed by atoms with van der Waals surface area (Å²) in [5, 5.41) is 14.6. The van der Waals surface area contributed by atoms with E-state index in [1.54, 1.807) is 12.2 Å². The van der Waals surface area contributed by atoms with Gasteiger partial charge in [-0.05, 0) is 41.1 Å². The van der Waals surface area contributed by atoms with E-state index in [0.717, 1.165) is 21.2 Å². The van der Waals surface area contributed by atoms with Gasteiger partial charge in [0, 0.05) is 5.57 Å². The predicted octanol–water partition coefficient (Wildman–Crippen LogP) is 4.97. The Morgan fingerprint density at radius 3 is 2.63 bits per heavy atom. The quantitative estimate of drug-likeness (QED) is 0.609. The van der Waals surface area contributed by atoms with Crippen LogP contribution in [0, 0.1) is 0 Å². The van der Waals surface area contributed by atoms with E-state index in [1.165, 1.54) is 12.2 Å². The van der Waals surface area contributed by atoms with Crippen molar-refractivity contribution in [3.63, 3.8) is 0 Å². The number of nitrogens with zero attached hydrogens (tertiary/aromatic N) is 2. The van der Waals surface area contributed by atoms with Crippen molar-refractivity contribution in [3.8, 4) is 0 Å². The zero-order valence-corrected chi connectivity index (χ0v) is 14.8. The van der Waals surface area contributed by atoms with Crippen LogP contribution in [0.1, 0.15) is 5.76 Å². The minimum atomic E-state index is -0.110. The van der Waals surface area contributed by atoms with Gasteiger partial charge in [-0.15, -0.1) is 11.6 Å². The molecule has 2 aliphatic rings. The first-order valence-electron chi connectivity index (χ1n) is 8.39. The summed E-state index contributed by atoms with van der Waals surface area (Å²) >= 11 is 6.03. The van der Waals surface area contributed by atoms with Gasteiger partial charge in [0.15, 0.2) is 11.5 Å². The van der Waals surface area contributed by atoms with Crippen LogP contribution in [-0.2, 0) is 4.79 Å². The van der Waals surface area contributed by atoms with Crippen molar-refractivity contribution in [2.24, 2.45) is 4.99 Å². The molecule has 0 atom stereocenters. The van der Waals surface area contributed by atoms with Crippen LogP contribution in [0.3, 0.4) is 0 Å². The van der Waals surface area contributed by atoms with Gasteiger partial charge in [-0.1, -0.05) is 30.3 Å². The van der Waals surface area contributed by atoms with Crippen LogP contribution in [0.4, 0.5) is 5.69 Å². The number of rotatable bonds is 1. The highest BCUT2D eigenvalue weighted by Gasteiger charge is 2.31. The summed E-state index contributed by atoms with van der Waals surface area (Å²) in [5.74, 6) is 0.648. The van der Waals surface area contributed by atoms with Crippen LogP contribution in [0.15, 0.2) is 75.7 Å². The number of furan rings is 1. The fraction of sp³-hybridized carbons (Fsp3) is 0.0476. The topological polar surface area (TPSA) is 66.0 Å². The number of carbonyl (C=O) groups excluding carboxylic acids is 1. The molecule has 2 aromatic carbocycles. The van der Waals surface area contributed by atoms with E-state index in [-0.39, 0.29) is 11.7 Å². The van der Waals surface area contributed by atoms with Gasteiger partial charge < -0.3 is 4.42 Å². The molecule has 0 radical (unpaired) electrons. The molecule has 0 amide bonds. The Morgan fingerprint density at radius 2 is 1.85 bits per heavy atom. The number of benzene rings is 2. The van der Waals surface area contributed by atoms with Crippen LogP contribution in [-0.4, -0.2) is 27.8 Å². The van der Waals surface area contributed by atoms with E-state index < -0.39 is 0 Å². The van der Waals surface area contributed by atoms with Gasteiger partial charge in [-0.25, -0.2) is 10.1 Å². The second kappa shape index (κ2) is 5.94. The Bertz CT molecular complexity index is 1230. The van der Waals surface area contributed by atoms with Crippen LogP contribution in [0.5, 0.6) is 0 Å². The van der Waals surface area contributed by atoms with Crippen molar-refractivity contribution < 1.29 is 14.4 Å². The molecule has 132 valence electrons. The first kappa shape index (κ1) is 16.1. The van der Waals surface area contributed by atoms with E-state index in [0.29, 0.717) is 34.1 Å². The highest BCUT2D eigenvalue weighted by atomic mass is 35.5. The van der Waals surface area contributed by atoms with Gasteiger partial charge in [0.25, 0.3) is 0 Å². The summed E-state index contributed by atoms with van der Waals surface area (Å²) in [6, 6.07) is 11.9. The SMILES string of the molecule is O=C1C=CC(=C2c3oc4ccc5ccccc5c4c3N=C(CCl)N2O)C=C1. The lowest BCUT2D eigenvalue weighted by molar-refractivity contribution is -0.110. The summed E-state index contributed by atoms with van der Waals surface area (Å²) in [6.07, 6.45) is 6.18. The molecule has 5 rings (SSSR count). The van der Waals surface area contributed by atoms with Crippen LogP contribution < -0.4 is 0 Å². The highest BCUT2D eigenvalue weighted by Crippen LogP contribution is 2.45. The molecule has 0 bridgehead atoms. The Kier molecular flexibility index (Phi) is 3.53. The van der Waals surface area contributed by atoms with Crippen molar-refractivity contribution in [3.05, 3.63) is 72.0 Å². The normalized spacial score (nSPS) is 16.4. The third kappa shape index (κ3) is 2.36. The fourth-order valence-electron chi connectivity index (χ4n) is 3.47. The van der Waals surface area contributed by atoms with E-state index in [2.05, 4.69) is 4.99 Å². The molecule has 2 heterocycles. The maximum absolute atomic E-state index is 11.5. The number of ketones is 1. The summed E-state index contributed by atoms with van der Waals surface area (Å²) < 4.78 is 6.09. The zero-order chi connectivity index (χ0) is 18.5. The lowest BCUT2D eigenvalue weighted by Gasteiger charge is -2.25. The molecule has 1 aliphatic heterocycles. The average molecular weight is 377 g/mol. The van der Waals surface area contributed by atoms with Gasteiger partial charge in [0.2, 0.25) is 0 Å². The third-order valence-electron chi connectivity index (χ3n) is 4.71. The standard InChI is InChI=1S/C21H13ClN2O3/c22-11-17-23-19-18-15-4-2-1-3-12(15)7-10-16(18)27-21(19)20(24(17)26)13-5-8-14(25)9-6-13/h1-10,26H,11H2. The number of hydroxylamine groups is 2. The van der Waals surface area contributed by atoms with Crippen LogP contribution >= 0.6 is 11.6 Å². The molecule has 27 heavy (non-hydrogen) atoms. The molecule has 0 saturated carbocycles. The van der Waals surface area contributed by atoms with E-state index in [4.69, 9.17) is 16.0 Å². The van der Waals surface area contributed by atoms with Gasteiger partial charge in [0.05, 0.1) is 11.3 Å².